The largest absolute Gasteiger partial charge is 0.497 e. The summed E-state index contributed by atoms with van der Waals surface area (Å²) in [6, 6.07) is 12.3. The van der Waals surface area contributed by atoms with Crippen LogP contribution in [0.1, 0.15) is 47.1 Å². The molecule has 2 N–H and O–H groups in total. The molecule has 0 fully saturated rings. The molecule has 2 aromatic carbocycles. The van der Waals surface area contributed by atoms with Gasteiger partial charge in [-0.05, 0) is 73.9 Å². The second-order valence-electron chi connectivity index (χ2n) is 7.27. The second kappa shape index (κ2) is 9.65. The van der Waals surface area contributed by atoms with Gasteiger partial charge in [0.2, 0.25) is 0 Å². The lowest BCUT2D eigenvalue weighted by molar-refractivity contribution is 0.0601. The number of nitrogens with one attached hydrogen (secondary N) is 2. The van der Waals surface area contributed by atoms with Crippen LogP contribution in [0.5, 0.6) is 5.75 Å². The molecule has 0 atom stereocenters. The van der Waals surface area contributed by atoms with Gasteiger partial charge in [0.15, 0.2) is 0 Å². The zero-order valence-electron chi connectivity index (χ0n) is 18.5. The molecular formula is C24H24N2O5S. The average Bonchev–Trinajstić information content (AvgIpc) is 3.08. The van der Waals surface area contributed by atoms with Gasteiger partial charge in [-0.15, -0.1) is 11.3 Å². The van der Waals surface area contributed by atoms with Crippen molar-refractivity contribution in [3.63, 3.8) is 0 Å². The Morgan fingerprint density at radius 3 is 2.03 bits per heavy atom. The fourth-order valence-corrected chi connectivity index (χ4v) is 4.40. The topological polar surface area (TPSA) is 93.7 Å². The predicted octanol–water partition coefficient (Wildman–Crippen LogP) is 4.97. The number of ether oxygens (including phenoxy) is 2. The third kappa shape index (κ3) is 4.97. The Hall–Kier alpha value is -3.65. The first kappa shape index (κ1) is 23.0. The summed E-state index contributed by atoms with van der Waals surface area (Å²) in [4.78, 5) is 38.5. The van der Waals surface area contributed by atoms with E-state index in [0.717, 1.165) is 22.5 Å². The minimum absolute atomic E-state index is 0.157. The third-order valence-electron chi connectivity index (χ3n) is 4.80. The number of amides is 2. The first-order chi connectivity index (χ1) is 15.2. The zero-order valence-corrected chi connectivity index (χ0v) is 19.3. The lowest BCUT2D eigenvalue weighted by atomic mass is 10.1. The maximum absolute atomic E-state index is 13.0. The van der Waals surface area contributed by atoms with E-state index in [4.69, 9.17) is 9.47 Å². The molecule has 1 heterocycles. The quantitative estimate of drug-likeness (QED) is 0.515. The Bertz CT molecular complexity index is 1160. The van der Waals surface area contributed by atoms with Gasteiger partial charge in [-0.3, -0.25) is 9.59 Å². The number of esters is 1. The van der Waals surface area contributed by atoms with Gasteiger partial charge in [0.25, 0.3) is 11.8 Å². The molecule has 0 saturated carbocycles. The Morgan fingerprint density at radius 2 is 1.47 bits per heavy atom. The van der Waals surface area contributed by atoms with E-state index in [1.54, 1.807) is 31.2 Å². The lowest BCUT2D eigenvalue weighted by Gasteiger charge is -2.07. The molecular weight excluding hydrogens is 428 g/mol. The molecule has 3 aromatic rings. The van der Waals surface area contributed by atoms with Crippen molar-refractivity contribution < 1.29 is 23.9 Å². The summed E-state index contributed by atoms with van der Waals surface area (Å²) >= 11 is 1.03. The van der Waals surface area contributed by atoms with Crippen molar-refractivity contribution in [3.05, 3.63) is 75.2 Å². The summed E-state index contributed by atoms with van der Waals surface area (Å²) in [6.45, 7) is 5.55. The molecule has 166 valence electrons. The van der Waals surface area contributed by atoms with Crippen molar-refractivity contribution in [1.82, 2.24) is 0 Å². The first-order valence-electron chi connectivity index (χ1n) is 9.80. The minimum atomic E-state index is -0.630. The molecule has 3 rings (SSSR count). The SMILES string of the molecule is COC(=O)c1c(NC(=O)c2ccc(OC)cc2)sc(C(=O)Nc2cc(C)cc(C)c2)c1C. The molecule has 0 saturated heterocycles. The molecule has 32 heavy (non-hydrogen) atoms. The number of rotatable bonds is 6. The van der Waals surface area contributed by atoms with E-state index in [2.05, 4.69) is 10.6 Å². The van der Waals surface area contributed by atoms with Gasteiger partial charge in [-0.25, -0.2) is 4.79 Å². The second-order valence-corrected chi connectivity index (χ2v) is 8.29. The van der Waals surface area contributed by atoms with Crippen LogP contribution in [0.4, 0.5) is 10.7 Å². The van der Waals surface area contributed by atoms with E-state index in [9.17, 15) is 14.4 Å². The smallest absolute Gasteiger partial charge is 0.341 e. The molecule has 0 bridgehead atoms. The van der Waals surface area contributed by atoms with Crippen molar-refractivity contribution in [2.24, 2.45) is 0 Å². The Labute approximate surface area is 190 Å². The monoisotopic (exact) mass is 452 g/mol. The number of carbonyl (C=O) groups excluding carboxylic acids is 3. The van der Waals surface area contributed by atoms with Gasteiger partial charge in [0.1, 0.15) is 10.8 Å². The van der Waals surface area contributed by atoms with Crippen LogP contribution < -0.4 is 15.4 Å². The van der Waals surface area contributed by atoms with Crippen LogP contribution in [-0.4, -0.2) is 32.0 Å². The maximum atomic E-state index is 13.0. The van der Waals surface area contributed by atoms with Gasteiger partial charge >= 0.3 is 5.97 Å². The molecule has 0 aliphatic heterocycles. The molecule has 2 amide bonds. The van der Waals surface area contributed by atoms with Crippen LogP contribution in [0.3, 0.4) is 0 Å². The van der Waals surface area contributed by atoms with E-state index in [0.29, 0.717) is 27.4 Å². The van der Waals surface area contributed by atoms with Gasteiger partial charge < -0.3 is 20.1 Å². The number of benzene rings is 2. The number of hydrogen-bond donors (Lipinski definition) is 2. The molecule has 0 radical (unpaired) electrons. The fourth-order valence-electron chi connectivity index (χ4n) is 3.32. The molecule has 0 aliphatic rings. The summed E-state index contributed by atoms with van der Waals surface area (Å²) in [5.74, 6) is -0.795. The standard InChI is InChI=1S/C24H24N2O5S/c1-13-10-14(2)12-17(11-13)25-22(28)20-15(3)19(24(29)31-5)23(32-20)26-21(27)16-6-8-18(30-4)9-7-16/h6-12H,1-5H3,(H,25,28)(H,26,27). The molecule has 0 unspecified atom stereocenters. The highest BCUT2D eigenvalue weighted by Gasteiger charge is 2.26. The van der Waals surface area contributed by atoms with Gasteiger partial charge in [-0.2, -0.15) is 0 Å². The molecule has 1 aromatic heterocycles. The summed E-state index contributed by atoms with van der Waals surface area (Å²) in [5.41, 5.74) is 3.67. The number of anilines is 2. The maximum Gasteiger partial charge on any atom is 0.341 e. The zero-order chi connectivity index (χ0) is 23.4. The predicted molar refractivity (Wildman–Crippen MR) is 125 cm³/mol. The number of hydrogen-bond acceptors (Lipinski definition) is 6. The summed E-state index contributed by atoms with van der Waals surface area (Å²) in [7, 11) is 2.79. The summed E-state index contributed by atoms with van der Waals surface area (Å²) in [5, 5.41) is 5.85. The molecule has 0 aliphatic carbocycles. The van der Waals surface area contributed by atoms with E-state index in [1.165, 1.54) is 14.2 Å². The molecule has 8 heteroatoms. The van der Waals surface area contributed by atoms with Gasteiger partial charge in [0.05, 0.1) is 24.7 Å². The van der Waals surface area contributed by atoms with Crippen molar-refractivity contribution >= 4 is 39.8 Å². The van der Waals surface area contributed by atoms with E-state index in [-0.39, 0.29) is 16.5 Å². The summed E-state index contributed by atoms with van der Waals surface area (Å²) in [6.07, 6.45) is 0. The van der Waals surface area contributed by atoms with Crippen LogP contribution in [0.25, 0.3) is 0 Å². The van der Waals surface area contributed by atoms with Crippen molar-refractivity contribution in [2.45, 2.75) is 20.8 Å². The highest BCUT2D eigenvalue weighted by molar-refractivity contribution is 7.19. The van der Waals surface area contributed by atoms with Crippen LogP contribution >= 0.6 is 11.3 Å². The van der Waals surface area contributed by atoms with Gasteiger partial charge in [0, 0.05) is 11.3 Å². The normalized spacial score (nSPS) is 10.4. The summed E-state index contributed by atoms with van der Waals surface area (Å²) < 4.78 is 9.99. The Balaban J connectivity index is 1.92. The van der Waals surface area contributed by atoms with Gasteiger partial charge in [-0.1, -0.05) is 6.07 Å². The number of methoxy groups -OCH3 is 2. The van der Waals surface area contributed by atoms with E-state index in [1.807, 2.05) is 32.0 Å². The third-order valence-corrected chi connectivity index (χ3v) is 6.01. The average molecular weight is 453 g/mol. The van der Waals surface area contributed by atoms with Crippen LogP contribution in [0.15, 0.2) is 42.5 Å². The number of thiophene rings is 1. The molecule has 7 nitrogen and oxygen atoms in total. The Kier molecular flexibility index (Phi) is 6.95. The van der Waals surface area contributed by atoms with Crippen molar-refractivity contribution in [2.75, 3.05) is 24.9 Å². The fraction of sp³-hybridized carbons (Fsp3) is 0.208. The minimum Gasteiger partial charge on any atom is -0.497 e. The van der Waals surface area contributed by atoms with Crippen LogP contribution in [-0.2, 0) is 4.74 Å². The lowest BCUT2D eigenvalue weighted by Crippen LogP contribution is -2.14. The van der Waals surface area contributed by atoms with E-state index < -0.39 is 11.9 Å². The molecule has 0 spiro atoms. The highest BCUT2D eigenvalue weighted by atomic mass is 32.1. The van der Waals surface area contributed by atoms with Crippen LogP contribution in [0.2, 0.25) is 0 Å². The first-order valence-corrected chi connectivity index (χ1v) is 10.6. The van der Waals surface area contributed by atoms with Crippen molar-refractivity contribution in [3.8, 4) is 5.75 Å². The van der Waals surface area contributed by atoms with E-state index >= 15 is 0 Å². The number of carbonyl (C=O) groups is 3. The Morgan fingerprint density at radius 1 is 0.844 bits per heavy atom. The number of aryl methyl sites for hydroxylation is 2. The van der Waals surface area contributed by atoms with Crippen LogP contribution in [0, 0.1) is 20.8 Å². The highest BCUT2D eigenvalue weighted by Crippen LogP contribution is 2.34. The van der Waals surface area contributed by atoms with Crippen molar-refractivity contribution in [1.29, 1.82) is 0 Å².